The molecule has 1 N–H and O–H groups in total. The van der Waals surface area contributed by atoms with Gasteiger partial charge in [0.1, 0.15) is 5.75 Å². The van der Waals surface area contributed by atoms with E-state index in [-0.39, 0.29) is 11.4 Å². The van der Waals surface area contributed by atoms with Crippen LogP contribution in [0.15, 0.2) is 42.5 Å². The van der Waals surface area contributed by atoms with Crippen LogP contribution in [0.25, 0.3) is 22.8 Å². The molecule has 0 aliphatic heterocycles. The van der Waals surface area contributed by atoms with Gasteiger partial charge in [0, 0.05) is 17.6 Å². The van der Waals surface area contributed by atoms with Gasteiger partial charge in [-0.2, -0.15) is 13.2 Å². The van der Waals surface area contributed by atoms with Crippen LogP contribution in [0, 0.1) is 0 Å². The smallest absolute Gasteiger partial charge is 0.417 e. The maximum atomic E-state index is 13.5. The molecule has 32 heavy (non-hydrogen) atoms. The highest BCUT2D eigenvalue weighted by Crippen LogP contribution is 2.38. The summed E-state index contributed by atoms with van der Waals surface area (Å²) in [6, 6.07) is 10.1. The van der Waals surface area contributed by atoms with Gasteiger partial charge in [0.15, 0.2) is 23.1 Å². The molecule has 0 fully saturated rings. The fourth-order valence-corrected chi connectivity index (χ4v) is 3.56. The predicted octanol–water partition coefficient (Wildman–Crippen LogP) is 4.65. The van der Waals surface area contributed by atoms with Crippen LogP contribution in [0.1, 0.15) is 25.2 Å². The van der Waals surface area contributed by atoms with Crippen molar-refractivity contribution < 1.29 is 17.9 Å². The minimum Gasteiger partial charge on any atom is -0.479 e. The number of benzene rings is 2. The lowest BCUT2D eigenvalue weighted by atomic mass is 10.1. The van der Waals surface area contributed by atoms with E-state index < -0.39 is 17.3 Å². The van der Waals surface area contributed by atoms with Crippen LogP contribution in [0.2, 0.25) is 5.02 Å². The second kappa shape index (κ2) is 7.90. The molecule has 0 radical (unpaired) electrons. The third kappa shape index (κ3) is 4.03. The molecule has 4 rings (SSSR count). The van der Waals surface area contributed by atoms with Crippen molar-refractivity contribution in [2.75, 3.05) is 0 Å². The number of halogens is 4. The lowest BCUT2D eigenvalue weighted by Crippen LogP contribution is -2.29. The van der Waals surface area contributed by atoms with Crippen molar-refractivity contribution in [2.45, 2.75) is 25.6 Å². The molecule has 0 atom stereocenters. The molecule has 4 aromatic rings. The van der Waals surface area contributed by atoms with Gasteiger partial charge in [0.25, 0.3) is 0 Å². The molecule has 0 aliphatic carbocycles. The van der Waals surface area contributed by atoms with E-state index in [1.54, 1.807) is 39.1 Å². The molecule has 0 amide bonds. The molecular weight excluding hydrogens is 447 g/mol. The molecule has 2 aromatic carbocycles. The second-order valence-corrected chi connectivity index (χ2v) is 7.89. The Hall–Kier alpha value is -3.47. The highest BCUT2D eigenvalue weighted by Gasteiger charge is 2.36. The van der Waals surface area contributed by atoms with Crippen molar-refractivity contribution in [2.24, 2.45) is 7.05 Å². The van der Waals surface area contributed by atoms with E-state index in [4.69, 9.17) is 16.3 Å². The van der Waals surface area contributed by atoms with Gasteiger partial charge in [-0.3, -0.25) is 0 Å². The zero-order chi connectivity index (χ0) is 23.1. The van der Waals surface area contributed by atoms with Crippen LogP contribution in [0.5, 0.6) is 5.75 Å². The summed E-state index contributed by atoms with van der Waals surface area (Å²) < 4.78 is 48.2. The first kappa shape index (κ1) is 21.8. The Bertz CT molecular complexity index is 1250. The van der Waals surface area contributed by atoms with Gasteiger partial charge in [0.2, 0.25) is 0 Å². The highest BCUT2D eigenvalue weighted by atomic mass is 35.5. The lowest BCUT2D eigenvalue weighted by molar-refractivity contribution is -0.137. The van der Waals surface area contributed by atoms with Crippen molar-refractivity contribution in [1.82, 2.24) is 35.4 Å². The van der Waals surface area contributed by atoms with E-state index in [2.05, 4.69) is 30.8 Å². The molecule has 0 saturated carbocycles. The zero-order valence-electron chi connectivity index (χ0n) is 17.1. The number of hydrogen-bond donors (Lipinski definition) is 1. The van der Waals surface area contributed by atoms with Gasteiger partial charge in [0.05, 0.1) is 11.1 Å². The molecule has 0 unspecified atom stereocenters. The van der Waals surface area contributed by atoms with E-state index >= 15 is 0 Å². The Morgan fingerprint density at radius 3 is 2.44 bits per heavy atom. The minimum atomic E-state index is -4.53. The molecule has 8 nitrogen and oxygen atoms in total. The maximum absolute atomic E-state index is 13.5. The van der Waals surface area contributed by atoms with Gasteiger partial charge >= 0.3 is 6.18 Å². The number of hydrogen-bond acceptors (Lipinski definition) is 6. The molecule has 0 bridgehead atoms. The van der Waals surface area contributed by atoms with Crippen molar-refractivity contribution in [1.29, 1.82) is 0 Å². The van der Waals surface area contributed by atoms with Gasteiger partial charge in [-0.25, -0.2) is 5.10 Å². The van der Waals surface area contributed by atoms with E-state index in [1.165, 1.54) is 22.8 Å². The topological polar surface area (TPSA) is 94.4 Å². The molecule has 0 saturated heterocycles. The number of H-pyrrole nitrogens is 1. The summed E-state index contributed by atoms with van der Waals surface area (Å²) >= 11 is 6.11. The van der Waals surface area contributed by atoms with E-state index in [0.717, 1.165) is 6.07 Å². The number of aromatic amines is 1. The Kier molecular flexibility index (Phi) is 5.37. The van der Waals surface area contributed by atoms with E-state index in [1.807, 2.05) is 0 Å². The number of rotatable bonds is 5. The average Bonchev–Trinajstić information content (AvgIpc) is 3.39. The predicted molar refractivity (Wildman–Crippen MR) is 110 cm³/mol. The van der Waals surface area contributed by atoms with Gasteiger partial charge in [-0.05, 0) is 48.5 Å². The second-order valence-electron chi connectivity index (χ2n) is 7.45. The largest absolute Gasteiger partial charge is 0.479 e. The van der Waals surface area contributed by atoms with Gasteiger partial charge in [-0.1, -0.05) is 29.8 Å². The number of tetrazole rings is 1. The minimum absolute atomic E-state index is 0.0698. The van der Waals surface area contributed by atoms with Crippen molar-refractivity contribution in [3.63, 3.8) is 0 Å². The molecule has 166 valence electrons. The summed E-state index contributed by atoms with van der Waals surface area (Å²) in [5, 5.41) is 22.3. The van der Waals surface area contributed by atoms with Crippen LogP contribution < -0.4 is 4.74 Å². The normalized spacial score (nSPS) is 12.2. The molecule has 2 aromatic heterocycles. The van der Waals surface area contributed by atoms with E-state index in [9.17, 15) is 13.2 Å². The third-order valence-electron chi connectivity index (χ3n) is 4.79. The van der Waals surface area contributed by atoms with Crippen molar-refractivity contribution in [3.05, 3.63) is 58.9 Å². The quantitative estimate of drug-likeness (QED) is 0.463. The molecule has 0 spiro atoms. The van der Waals surface area contributed by atoms with Crippen LogP contribution in [0.3, 0.4) is 0 Å². The van der Waals surface area contributed by atoms with Gasteiger partial charge in [-0.15, -0.1) is 15.3 Å². The number of alkyl halides is 3. The first-order valence-electron chi connectivity index (χ1n) is 9.37. The number of ether oxygens (including phenoxy) is 1. The fourth-order valence-electron chi connectivity index (χ4n) is 3.38. The Balaban J connectivity index is 1.74. The summed E-state index contributed by atoms with van der Waals surface area (Å²) in [5.41, 5.74) is -1.43. The summed E-state index contributed by atoms with van der Waals surface area (Å²) in [7, 11) is 1.59. The van der Waals surface area contributed by atoms with E-state index in [0.29, 0.717) is 28.0 Å². The first-order chi connectivity index (χ1) is 15.1. The SMILES string of the molecule is Cn1c(-c2ccccc2C(F)(F)F)nnc1C(C)(C)Oc1ccc(Cl)cc1-c1nnn[nH]1. The van der Waals surface area contributed by atoms with Crippen LogP contribution in [0.4, 0.5) is 13.2 Å². The maximum Gasteiger partial charge on any atom is 0.417 e. The molecule has 12 heteroatoms. The fraction of sp³-hybridized carbons (Fsp3) is 0.250. The third-order valence-corrected chi connectivity index (χ3v) is 5.03. The Morgan fingerprint density at radius 2 is 1.75 bits per heavy atom. The zero-order valence-corrected chi connectivity index (χ0v) is 17.9. The molecular formula is C20H17ClF3N7O. The lowest BCUT2D eigenvalue weighted by Gasteiger charge is -2.26. The highest BCUT2D eigenvalue weighted by molar-refractivity contribution is 6.30. The summed E-state index contributed by atoms with van der Waals surface area (Å²) in [6.45, 7) is 3.46. The van der Waals surface area contributed by atoms with Crippen LogP contribution >= 0.6 is 11.6 Å². The standard InChI is InChI=1S/C20H17ClF3N7O/c1-19(2,32-15-9-8-11(21)10-13(15)16-25-29-30-26-16)18-28-27-17(31(18)3)12-6-4-5-7-14(12)20(22,23)24/h4-10H,1-3H3,(H,25,26,29,30). The van der Waals surface area contributed by atoms with Gasteiger partial charge < -0.3 is 9.30 Å². The summed E-state index contributed by atoms with van der Waals surface area (Å²) in [6.07, 6.45) is -4.53. The monoisotopic (exact) mass is 463 g/mol. The van der Waals surface area contributed by atoms with Crippen LogP contribution in [-0.4, -0.2) is 35.4 Å². The average molecular weight is 464 g/mol. The molecule has 0 aliphatic rings. The summed E-state index contributed by atoms with van der Waals surface area (Å²) in [4.78, 5) is 0. The van der Waals surface area contributed by atoms with Crippen molar-refractivity contribution >= 4 is 11.6 Å². The Labute approximate surface area is 185 Å². The number of nitrogens with one attached hydrogen (secondary N) is 1. The first-order valence-corrected chi connectivity index (χ1v) is 9.75. The molecule has 2 heterocycles. The summed E-state index contributed by atoms with van der Waals surface area (Å²) in [5.74, 6) is 1.13. The number of nitrogens with zero attached hydrogens (tertiary/aromatic N) is 6. The van der Waals surface area contributed by atoms with Crippen molar-refractivity contribution in [3.8, 4) is 28.5 Å². The number of aromatic nitrogens is 7. The Morgan fingerprint density at radius 1 is 1.00 bits per heavy atom. The van der Waals surface area contributed by atoms with Crippen LogP contribution in [-0.2, 0) is 18.8 Å².